The Hall–Kier alpha value is -3.60. The van der Waals surface area contributed by atoms with Gasteiger partial charge in [0.1, 0.15) is 18.1 Å². The number of hydrogen-bond acceptors (Lipinski definition) is 5. The first-order chi connectivity index (χ1) is 14.6. The van der Waals surface area contributed by atoms with E-state index in [-0.39, 0.29) is 18.4 Å². The number of ketones is 1. The second-order valence-corrected chi connectivity index (χ2v) is 6.73. The number of rotatable bonds is 10. The molecule has 0 aliphatic rings. The molecule has 0 spiro atoms. The van der Waals surface area contributed by atoms with Crippen molar-refractivity contribution in [3.8, 4) is 11.5 Å². The lowest BCUT2D eigenvalue weighted by atomic mass is 10.1. The number of Topliss-reactive ketones (excluding diaryl/α,β-unsaturated/α-hetero) is 1. The van der Waals surface area contributed by atoms with Crippen LogP contribution in [0.2, 0.25) is 0 Å². The summed E-state index contributed by atoms with van der Waals surface area (Å²) in [4.78, 5) is 23.3. The quantitative estimate of drug-likeness (QED) is 0.364. The van der Waals surface area contributed by atoms with Crippen LogP contribution in [0.3, 0.4) is 0 Å². The highest BCUT2D eigenvalue weighted by molar-refractivity contribution is 5.97. The summed E-state index contributed by atoms with van der Waals surface area (Å²) in [6.45, 7) is 0.424. The summed E-state index contributed by atoms with van der Waals surface area (Å²) < 4.78 is 16.0. The van der Waals surface area contributed by atoms with Gasteiger partial charge in [-0.2, -0.15) is 0 Å². The molecule has 0 aliphatic heterocycles. The van der Waals surface area contributed by atoms with E-state index in [9.17, 15) is 9.59 Å². The summed E-state index contributed by atoms with van der Waals surface area (Å²) >= 11 is 0. The monoisotopic (exact) mass is 404 g/mol. The molecule has 0 saturated carbocycles. The van der Waals surface area contributed by atoms with E-state index in [1.165, 1.54) is 7.11 Å². The van der Waals surface area contributed by atoms with Crippen LogP contribution in [0, 0.1) is 0 Å². The molecule has 154 valence electrons. The van der Waals surface area contributed by atoms with Gasteiger partial charge < -0.3 is 14.2 Å². The van der Waals surface area contributed by atoms with Crippen molar-refractivity contribution in [2.24, 2.45) is 0 Å². The topological polar surface area (TPSA) is 61.8 Å². The van der Waals surface area contributed by atoms with E-state index in [1.54, 1.807) is 12.1 Å². The number of ether oxygens (including phenoxy) is 3. The predicted molar refractivity (Wildman–Crippen MR) is 114 cm³/mol. The fraction of sp³-hybridized carbons (Fsp3) is 0.200. The smallest absolute Gasteiger partial charge is 0.305 e. The summed E-state index contributed by atoms with van der Waals surface area (Å²) in [7, 11) is 1.39. The zero-order valence-corrected chi connectivity index (χ0v) is 16.9. The number of benzene rings is 3. The van der Waals surface area contributed by atoms with Gasteiger partial charge in [-0.05, 0) is 41.8 Å². The lowest BCUT2D eigenvalue weighted by Gasteiger charge is -2.09. The first kappa shape index (κ1) is 21.1. The summed E-state index contributed by atoms with van der Waals surface area (Å²) in [5, 5.41) is 0. The first-order valence-corrected chi connectivity index (χ1v) is 9.72. The molecule has 0 amide bonds. The van der Waals surface area contributed by atoms with E-state index in [1.807, 2.05) is 66.7 Å². The number of methoxy groups -OCH3 is 1. The lowest BCUT2D eigenvalue weighted by Crippen LogP contribution is -2.11. The molecule has 5 nitrogen and oxygen atoms in total. The Morgan fingerprint density at radius 3 is 1.97 bits per heavy atom. The third-order valence-electron chi connectivity index (χ3n) is 4.56. The van der Waals surface area contributed by atoms with Crippen molar-refractivity contribution in [3.05, 3.63) is 95.6 Å². The van der Waals surface area contributed by atoms with Gasteiger partial charge in [0.2, 0.25) is 0 Å². The highest BCUT2D eigenvalue weighted by atomic mass is 16.5. The Balaban J connectivity index is 1.44. The fourth-order valence-electron chi connectivity index (χ4n) is 2.81. The van der Waals surface area contributed by atoms with Crippen LogP contribution >= 0.6 is 0 Å². The highest BCUT2D eigenvalue weighted by Gasteiger charge is 2.06. The molecule has 3 aromatic carbocycles. The molecule has 0 unspecified atom stereocenters. The normalized spacial score (nSPS) is 10.3. The number of esters is 1. The maximum absolute atomic E-state index is 12.1. The minimum Gasteiger partial charge on any atom is -0.489 e. The molecule has 0 bridgehead atoms. The number of carbonyl (C=O) groups excluding carboxylic acids is 2. The van der Waals surface area contributed by atoms with E-state index in [4.69, 9.17) is 9.47 Å². The Kier molecular flexibility index (Phi) is 7.61. The van der Waals surface area contributed by atoms with Crippen molar-refractivity contribution in [1.29, 1.82) is 0 Å². The van der Waals surface area contributed by atoms with Crippen molar-refractivity contribution in [2.45, 2.75) is 19.4 Å². The molecule has 5 heteroatoms. The highest BCUT2D eigenvalue weighted by Crippen LogP contribution is 2.17. The van der Waals surface area contributed by atoms with Crippen LogP contribution in [0.1, 0.15) is 27.9 Å². The van der Waals surface area contributed by atoms with E-state index < -0.39 is 0 Å². The molecule has 0 heterocycles. The van der Waals surface area contributed by atoms with Gasteiger partial charge in [0.15, 0.2) is 12.4 Å². The predicted octanol–water partition coefficient (Wildman–Crippen LogP) is 4.63. The zero-order valence-electron chi connectivity index (χ0n) is 16.9. The molecule has 0 atom stereocenters. The van der Waals surface area contributed by atoms with Gasteiger partial charge in [-0.3, -0.25) is 9.59 Å². The molecule has 0 fully saturated rings. The average molecular weight is 404 g/mol. The van der Waals surface area contributed by atoms with Crippen LogP contribution in [-0.2, 0) is 22.6 Å². The van der Waals surface area contributed by atoms with Crippen molar-refractivity contribution in [2.75, 3.05) is 13.7 Å². The van der Waals surface area contributed by atoms with Gasteiger partial charge in [-0.25, -0.2) is 0 Å². The van der Waals surface area contributed by atoms with Gasteiger partial charge in [-0.15, -0.1) is 0 Å². The first-order valence-electron chi connectivity index (χ1n) is 9.72. The van der Waals surface area contributed by atoms with E-state index in [2.05, 4.69) is 4.74 Å². The third-order valence-corrected chi connectivity index (χ3v) is 4.56. The Bertz CT molecular complexity index is 947. The van der Waals surface area contributed by atoms with Crippen LogP contribution in [0.25, 0.3) is 0 Å². The van der Waals surface area contributed by atoms with Crippen LogP contribution in [0.4, 0.5) is 0 Å². The van der Waals surface area contributed by atoms with Gasteiger partial charge >= 0.3 is 5.97 Å². The van der Waals surface area contributed by atoms with Crippen LogP contribution < -0.4 is 9.47 Å². The van der Waals surface area contributed by atoms with Crippen LogP contribution in [0.5, 0.6) is 11.5 Å². The minimum absolute atomic E-state index is 0.00217. The Labute approximate surface area is 176 Å². The maximum Gasteiger partial charge on any atom is 0.305 e. The molecule has 0 radical (unpaired) electrons. The Morgan fingerprint density at radius 1 is 0.733 bits per heavy atom. The van der Waals surface area contributed by atoms with Gasteiger partial charge in [-0.1, -0.05) is 54.6 Å². The fourth-order valence-corrected chi connectivity index (χ4v) is 2.81. The standard InChI is InChI=1S/C25H24O5/c1-28-25(27)16-11-19-7-12-22(13-8-19)29-17-20-9-14-23(15-10-20)30-18-24(26)21-5-3-2-4-6-21/h2-10,12-15H,11,16-18H2,1H3. The van der Waals surface area contributed by atoms with Gasteiger partial charge in [0.25, 0.3) is 0 Å². The third kappa shape index (κ3) is 6.48. The molecule has 0 aliphatic carbocycles. The van der Waals surface area contributed by atoms with Crippen molar-refractivity contribution < 1.29 is 23.8 Å². The minimum atomic E-state index is -0.216. The summed E-state index contributed by atoms with van der Waals surface area (Å²) in [6.07, 6.45) is 1.00. The molecule has 3 aromatic rings. The second kappa shape index (κ2) is 10.8. The van der Waals surface area contributed by atoms with Gasteiger partial charge in [0, 0.05) is 12.0 Å². The summed E-state index contributed by atoms with van der Waals surface area (Å²) in [5.41, 5.74) is 2.68. The SMILES string of the molecule is COC(=O)CCc1ccc(OCc2ccc(OCC(=O)c3ccccc3)cc2)cc1. The second-order valence-electron chi connectivity index (χ2n) is 6.73. The lowest BCUT2D eigenvalue weighted by molar-refractivity contribution is -0.140. The number of hydrogen-bond donors (Lipinski definition) is 0. The number of carbonyl (C=O) groups is 2. The molecule has 3 rings (SSSR count). The zero-order chi connectivity index (χ0) is 21.2. The molecule has 0 aromatic heterocycles. The molecule has 30 heavy (non-hydrogen) atoms. The molecule has 0 N–H and O–H groups in total. The van der Waals surface area contributed by atoms with E-state index >= 15 is 0 Å². The van der Waals surface area contributed by atoms with Gasteiger partial charge in [0.05, 0.1) is 7.11 Å². The summed E-state index contributed by atoms with van der Waals surface area (Å²) in [6, 6.07) is 24.2. The van der Waals surface area contributed by atoms with Crippen molar-refractivity contribution in [1.82, 2.24) is 0 Å². The van der Waals surface area contributed by atoms with Crippen LogP contribution in [-0.4, -0.2) is 25.5 Å². The van der Waals surface area contributed by atoms with Crippen molar-refractivity contribution in [3.63, 3.8) is 0 Å². The largest absolute Gasteiger partial charge is 0.489 e. The molecule has 0 saturated heterocycles. The molecular formula is C25H24O5. The summed E-state index contributed by atoms with van der Waals surface area (Å²) in [5.74, 6) is 1.12. The van der Waals surface area contributed by atoms with E-state index in [0.29, 0.717) is 30.8 Å². The Morgan fingerprint density at radius 2 is 1.33 bits per heavy atom. The van der Waals surface area contributed by atoms with Crippen LogP contribution in [0.15, 0.2) is 78.9 Å². The van der Waals surface area contributed by atoms with E-state index in [0.717, 1.165) is 16.9 Å². The maximum atomic E-state index is 12.1. The average Bonchev–Trinajstić information content (AvgIpc) is 2.81. The number of aryl methyl sites for hydroxylation is 1. The van der Waals surface area contributed by atoms with Crippen molar-refractivity contribution >= 4 is 11.8 Å². The molecular weight excluding hydrogens is 380 g/mol.